The lowest BCUT2D eigenvalue weighted by Gasteiger charge is -2.29. The Bertz CT molecular complexity index is 195. The van der Waals surface area contributed by atoms with Crippen LogP contribution in [-0.4, -0.2) is 34.4 Å². The van der Waals surface area contributed by atoms with Crippen molar-refractivity contribution in [1.82, 2.24) is 4.90 Å². The lowest BCUT2D eigenvalue weighted by molar-refractivity contribution is -0.121. The van der Waals surface area contributed by atoms with E-state index < -0.39 is 0 Å². The van der Waals surface area contributed by atoms with Crippen molar-refractivity contribution in [2.45, 2.75) is 38.0 Å². The van der Waals surface area contributed by atoms with Gasteiger partial charge in [-0.05, 0) is 27.3 Å². The van der Waals surface area contributed by atoms with Crippen molar-refractivity contribution in [3.8, 4) is 0 Å². The van der Waals surface area contributed by atoms with E-state index in [0.717, 1.165) is 12.3 Å². The summed E-state index contributed by atoms with van der Waals surface area (Å²) in [7, 11) is 2.03. The third-order valence-electron chi connectivity index (χ3n) is 2.70. The first kappa shape index (κ1) is 10.1. The predicted octanol–water partition coefficient (Wildman–Crippen LogP) is 1.75. The predicted molar refractivity (Wildman–Crippen MR) is 53.4 cm³/mol. The fourth-order valence-electron chi connectivity index (χ4n) is 1.90. The summed E-state index contributed by atoms with van der Waals surface area (Å²) in [6.45, 7) is 6.04. The van der Waals surface area contributed by atoms with Gasteiger partial charge in [0.05, 0.1) is 6.04 Å². The summed E-state index contributed by atoms with van der Waals surface area (Å²) in [4.78, 5) is 13.5. The van der Waals surface area contributed by atoms with Gasteiger partial charge in [0.15, 0.2) is 0 Å². The molecule has 0 bridgehead atoms. The Morgan fingerprint density at radius 1 is 1.75 bits per heavy atom. The van der Waals surface area contributed by atoms with E-state index in [1.165, 1.54) is 0 Å². The van der Waals surface area contributed by atoms with Crippen molar-refractivity contribution in [2.75, 3.05) is 12.9 Å². The van der Waals surface area contributed by atoms with Crippen LogP contribution in [-0.2, 0) is 4.79 Å². The van der Waals surface area contributed by atoms with Gasteiger partial charge in [-0.1, -0.05) is 6.92 Å². The molecule has 1 aliphatic heterocycles. The zero-order valence-electron chi connectivity index (χ0n) is 8.26. The highest BCUT2D eigenvalue weighted by molar-refractivity contribution is 8.00. The van der Waals surface area contributed by atoms with Crippen molar-refractivity contribution in [1.29, 1.82) is 0 Å². The van der Waals surface area contributed by atoms with E-state index in [1.807, 2.05) is 18.8 Å². The van der Waals surface area contributed by atoms with Crippen molar-refractivity contribution < 1.29 is 4.79 Å². The zero-order chi connectivity index (χ0) is 9.35. The van der Waals surface area contributed by atoms with Gasteiger partial charge in [0.1, 0.15) is 5.78 Å². The molecule has 2 atom stereocenters. The van der Waals surface area contributed by atoms with Crippen LogP contribution >= 0.6 is 11.8 Å². The van der Waals surface area contributed by atoms with Crippen LogP contribution in [0.4, 0.5) is 0 Å². The Labute approximate surface area is 78.7 Å². The second-order valence-electron chi connectivity index (χ2n) is 3.71. The molecule has 1 fully saturated rings. The van der Waals surface area contributed by atoms with Gasteiger partial charge in [-0.15, -0.1) is 11.8 Å². The van der Waals surface area contributed by atoms with Gasteiger partial charge in [-0.25, -0.2) is 0 Å². The smallest absolute Gasteiger partial charge is 0.148 e. The molecule has 0 saturated carbocycles. The van der Waals surface area contributed by atoms with Crippen LogP contribution in [0, 0.1) is 0 Å². The fourth-order valence-corrected chi connectivity index (χ4v) is 3.26. The molecule has 0 N–H and O–H groups in total. The third-order valence-corrected chi connectivity index (χ3v) is 4.41. The number of hydrogen-bond donors (Lipinski definition) is 0. The minimum atomic E-state index is 0.118. The standard InChI is InChI=1S/C9H17NOS/c1-5-9(3)8(7(2)11)10(4)6-12-9/h8H,5-6H2,1-4H3. The average Bonchev–Trinajstić information content (AvgIpc) is 2.28. The number of carbonyl (C=O) groups excluding carboxylic acids is 1. The first-order valence-electron chi connectivity index (χ1n) is 4.36. The Balaban J connectivity index is 2.84. The maximum absolute atomic E-state index is 11.4. The minimum Gasteiger partial charge on any atom is -0.298 e. The quantitative estimate of drug-likeness (QED) is 0.657. The first-order valence-corrected chi connectivity index (χ1v) is 5.34. The molecular weight excluding hydrogens is 170 g/mol. The molecule has 0 aromatic carbocycles. The van der Waals surface area contributed by atoms with Crippen LogP contribution in [0.3, 0.4) is 0 Å². The molecule has 2 unspecified atom stereocenters. The van der Waals surface area contributed by atoms with E-state index in [0.29, 0.717) is 5.78 Å². The van der Waals surface area contributed by atoms with Gasteiger partial charge in [0.25, 0.3) is 0 Å². The Kier molecular flexibility index (Phi) is 2.84. The molecule has 0 radical (unpaired) electrons. The number of Topliss-reactive ketones (excluding diaryl/α,β-unsaturated/α-hetero) is 1. The summed E-state index contributed by atoms with van der Waals surface area (Å²) in [6.07, 6.45) is 1.06. The first-order chi connectivity index (χ1) is 5.51. The zero-order valence-corrected chi connectivity index (χ0v) is 9.07. The van der Waals surface area contributed by atoms with E-state index in [9.17, 15) is 4.79 Å². The molecule has 0 aromatic rings. The number of likely N-dealkylation sites (N-methyl/N-ethyl adjacent to an activating group) is 1. The van der Waals surface area contributed by atoms with Crippen LogP contribution in [0.1, 0.15) is 27.2 Å². The highest BCUT2D eigenvalue weighted by Crippen LogP contribution is 2.41. The summed E-state index contributed by atoms with van der Waals surface area (Å²) in [5.41, 5.74) is 0. The summed E-state index contributed by atoms with van der Waals surface area (Å²) < 4.78 is 0.139. The van der Waals surface area contributed by atoms with Gasteiger partial charge < -0.3 is 0 Å². The van der Waals surface area contributed by atoms with Crippen molar-refractivity contribution in [3.63, 3.8) is 0 Å². The molecule has 1 heterocycles. The largest absolute Gasteiger partial charge is 0.298 e. The van der Waals surface area contributed by atoms with Gasteiger partial charge in [-0.3, -0.25) is 9.69 Å². The normalized spacial score (nSPS) is 37.2. The second-order valence-corrected chi connectivity index (χ2v) is 5.19. The van der Waals surface area contributed by atoms with Gasteiger partial charge in [-0.2, -0.15) is 0 Å². The van der Waals surface area contributed by atoms with E-state index in [4.69, 9.17) is 0 Å². The molecule has 1 saturated heterocycles. The highest BCUT2D eigenvalue weighted by Gasteiger charge is 2.44. The van der Waals surface area contributed by atoms with Gasteiger partial charge >= 0.3 is 0 Å². The van der Waals surface area contributed by atoms with E-state index >= 15 is 0 Å². The molecule has 0 spiro atoms. The number of ketones is 1. The van der Waals surface area contributed by atoms with Crippen LogP contribution in [0.25, 0.3) is 0 Å². The van der Waals surface area contributed by atoms with Crippen LogP contribution in [0.2, 0.25) is 0 Å². The molecule has 2 nitrogen and oxygen atoms in total. The van der Waals surface area contributed by atoms with Crippen molar-refractivity contribution in [3.05, 3.63) is 0 Å². The van der Waals surface area contributed by atoms with E-state index in [1.54, 1.807) is 6.92 Å². The lowest BCUT2D eigenvalue weighted by Crippen LogP contribution is -2.44. The molecular formula is C9H17NOS. The molecule has 70 valence electrons. The third kappa shape index (κ3) is 1.52. The Morgan fingerprint density at radius 2 is 2.33 bits per heavy atom. The van der Waals surface area contributed by atoms with Crippen LogP contribution < -0.4 is 0 Å². The lowest BCUT2D eigenvalue weighted by atomic mass is 9.94. The van der Waals surface area contributed by atoms with E-state index in [-0.39, 0.29) is 10.8 Å². The molecule has 0 aromatic heterocycles. The van der Waals surface area contributed by atoms with Gasteiger partial charge in [0.2, 0.25) is 0 Å². The Morgan fingerprint density at radius 3 is 2.67 bits per heavy atom. The number of rotatable bonds is 2. The summed E-state index contributed by atoms with van der Waals surface area (Å²) >= 11 is 1.89. The number of hydrogen-bond acceptors (Lipinski definition) is 3. The monoisotopic (exact) mass is 187 g/mol. The molecule has 1 rings (SSSR count). The molecule has 3 heteroatoms. The van der Waals surface area contributed by atoms with Gasteiger partial charge in [0, 0.05) is 10.6 Å². The Hall–Kier alpha value is -0.0200. The highest BCUT2D eigenvalue weighted by atomic mass is 32.2. The molecule has 1 aliphatic rings. The summed E-state index contributed by atoms with van der Waals surface area (Å²) in [5.74, 6) is 1.28. The number of carbonyl (C=O) groups is 1. The number of nitrogens with zero attached hydrogens (tertiary/aromatic N) is 1. The molecule has 0 aliphatic carbocycles. The number of thioether (sulfide) groups is 1. The molecule has 0 amide bonds. The van der Waals surface area contributed by atoms with Crippen molar-refractivity contribution in [2.24, 2.45) is 0 Å². The topological polar surface area (TPSA) is 20.3 Å². The van der Waals surface area contributed by atoms with Crippen molar-refractivity contribution >= 4 is 17.5 Å². The maximum Gasteiger partial charge on any atom is 0.148 e. The average molecular weight is 187 g/mol. The van der Waals surface area contributed by atoms with Crippen LogP contribution in [0.15, 0.2) is 0 Å². The second kappa shape index (κ2) is 3.38. The molecule has 12 heavy (non-hydrogen) atoms. The SMILES string of the molecule is CCC1(C)SCN(C)C1C(C)=O. The summed E-state index contributed by atoms with van der Waals surface area (Å²) in [5, 5.41) is 0. The maximum atomic E-state index is 11.4. The fraction of sp³-hybridized carbons (Fsp3) is 0.889. The summed E-state index contributed by atoms with van der Waals surface area (Å²) in [6, 6.07) is 0.118. The van der Waals surface area contributed by atoms with E-state index in [2.05, 4.69) is 18.7 Å². The van der Waals surface area contributed by atoms with Crippen LogP contribution in [0.5, 0.6) is 0 Å². The minimum absolute atomic E-state index is 0.118.